The van der Waals surface area contributed by atoms with Gasteiger partial charge in [-0.05, 0) is 39.5 Å². The average Bonchev–Trinajstić information content (AvgIpc) is 2.84. The largest absolute Gasteiger partial charge is 0.502 e. The Morgan fingerprint density at radius 2 is 0.971 bits per heavy atom. The number of hydrogen-bond donors (Lipinski definition) is 1. The number of rotatable bonds is 19. The molecule has 200 valence electrons. The normalized spacial score (nSPS) is 10.8. The highest BCUT2D eigenvalue weighted by Crippen LogP contribution is 2.01. The Kier molecular flexibility index (Phi) is 29.6. The average molecular weight is 501 g/mol. The molecular weight excluding hydrogens is 460 g/mol. The molecule has 0 fully saturated rings. The molecule has 0 aromatic heterocycles. The maximum Gasteiger partial charge on any atom is 0.332 e. The van der Waals surface area contributed by atoms with E-state index in [1.54, 1.807) is 13.8 Å². The second-order valence-corrected chi connectivity index (χ2v) is 6.19. The number of carboxylic acid groups (broad SMARTS) is 1. The lowest BCUT2D eigenvalue weighted by Crippen LogP contribution is -2.18. The van der Waals surface area contributed by atoms with E-state index in [4.69, 9.17) is 33.5 Å². The molecule has 2 atom stereocenters. The van der Waals surface area contributed by atoms with E-state index in [1.807, 2.05) is 0 Å². The molecule has 10 nitrogen and oxygen atoms in total. The quantitative estimate of drug-likeness (QED) is 0.0902. The second-order valence-electron chi connectivity index (χ2n) is 6.19. The molecule has 0 bridgehead atoms. The molecule has 0 amide bonds. The van der Waals surface area contributed by atoms with Gasteiger partial charge >= 0.3 is 17.9 Å². The topological polar surface area (TPSA) is 127 Å². The van der Waals surface area contributed by atoms with Crippen LogP contribution in [0.15, 0.2) is 63.6 Å². The summed E-state index contributed by atoms with van der Waals surface area (Å²) in [5.74, 6) is -2.01. The predicted molar refractivity (Wildman–Crippen MR) is 132 cm³/mol. The first-order chi connectivity index (χ1) is 16.7. The predicted octanol–water partition coefficient (Wildman–Crippen LogP) is 4.29. The monoisotopic (exact) mass is 500 g/mol. The van der Waals surface area contributed by atoms with Gasteiger partial charge in [-0.2, -0.15) is 0 Å². The summed E-state index contributed by atoms with van der Waals surface area (Å²) in [6.07, 6.45) is 8.17. The van der Waals surface area contributed by atoms with Gasteiger partial charge < -0.3 is 33.5 Å². The summed E-state index contributed by atoms with van der Waals surface area (Å²) in [4.78, 5) is 31.0. The number of carboxylic acids is 1. The van der Waals surface area contributed by atoms with Crippen molar-refractivity contribution >= 4 is 17.9 Å². The van der Waals surface area contributed by atoms with Gasteiger partial charge in [0, 0.05) is 18.2 Å². The summed E-state index contributed by atoms with van der Waals surface area (Å²) >= 11 is 0. The van der Waals surface area contributed by atoms with E-state index in [-0.39, 0.29) is 0 Å². The van der Waals surface area contributed by atoms with Crippen molar-refractivity contribution in [2.75, 3.05) is 26.4 Å². The lowest BCUT2D eigenvalue weighted by Gasteiger charge is -2.14. The van der Waals surface area contributed by atoms with Crippen LogP contribution in [0.5, 0.6) is 0 Å². The highest BCUT2D eigenvalue weighted by atomic mass is 16.7. The van der Waals surface area contributed by atoms with Crippen LogP contribution in [0.2, 0.25) is 0 Å². The maximum absolute atomic E-state index is 10.9. The molecule has 0 heterocycles. The molecule has 0 saturated carbocycles. The highest BCUT2D eigenvalue weighted by Gasteiger charge is 2.07. The van der Waals surface area contributed by atoms with E-state index in [9.17, 15) is 14.4 Å². The minimum absolute atomic E-state index is 0.440. The van der Waals surface area contributed by atoms with Gasteiger partial charge in [0.2, 0.25) is 0 Å². The maximum atomic E-state index is 10.9. The van der Waals surface area contributed by atoms with E-state index < -0.39 is 30.5 Å². The van der Waals surface area contributed by atoms with Gasteiger partial charge in [-0.25, -0.2) is 14.4 Å². The van der Waals surface area contributed by atoms with Crippen LogP contribution in [0.1, 0.15) is 39.5 Å². The molecule has 0 radical (unpaired) electrons. The van der Waals surface area contributed by atoms with Crippen molar-refractivity contribution in [3.8, 4) is 0 Å². The van der Waals surface area contributed by atoms with Gasteiger partial charge in [0.05, 0.1) is 39.0 Å². The number of aliphatic carboxylic acids is 1. The van der Waals surface area contributed by atoms with Crippen molar-refractivity contribution in [1.29, 1.82) is 0 Å². The zero-order valence-corrected chi connectivity index (χ0v) is 20.9. The zero-order chi connectivity index (χ0) is 27.3. The number of carbonyl (C=O) groups is 3. The van der Waals surface area contributed by atoms with Crippen molar-refractivity contribution in [2.24, 2.45) is 0 Å². The van der Waals surface area contributed by atoms with Crippen molar-refractivity contribution < 1.29 is 47.9 Å². The molecule has 0 aliphatic rings. The van der Waals surface area contributed by atoms with Gasteiger partial charge in [-0.15, -0.1) is 0 Å². The molecule has 0 saturated heterocycles. The lowest BCUT2D eigenvalue weighted by molar-refractivity contribution is -0.172. The minimum Gasteiger partial charge on any atom is -0.502 e. The molecule has 0 rings (SSSR count). The molecule has 35 heavy (non-hydrogen) atoms. The van der Waals surface area contributed by atoms with Gasteiger partial charge in [-0.1, -0.05) is 32.9 Å². The summed E-state index contributed by atoms with van der Waals surface area (Å²) in [7, 11) is 0. The van der Waals surface area contributed by atoms with Crippen LogP contribution in [-0.4, -0.2) is 62.0 Å². The zero-order valence-electron chi connectivity index (χ0n) is 20.9. The number of unbranched alkanes of at least 4 members (excludes halogenated alkanes) is 2. The smallest absolute Gasteiger partial charge is 0.332 e. The molecule has 2 unspecified atom stereocenters. The van der Waals surface area contributed by atoms with Crippen molar-refractivity contribution in [1.82, 2.24) is 0 Å². The molecule has 0 aromatic rings. The molecule has 0 spiro atoms. The molecule has 0 aliphatic heterocycles. The van der Waals surface area contributed by atoms with Crippen LogP contribution in [0.3, 0.4) is 0 Å². The number of hydrogen-bond acceptors (Lipinski definition) is 9. The number of carbonyl (C=O) groups excluding carboxylic acids is 2. The van der Waals surface area contributed by atoms with Gasteiger partial charge in [0.25, 0.3) is 0 Å². The Hall–Kier alpha value is -3.37. The standard InChI is InChI=1S/C14H22O6.C8H14O2.C3H4O2/c1-5-13(15)19-11(3)17-9-7-8-10-18-12(4)20-14(16)6-2;1-3-9-7-5-6-8-10-4-2;1-2-3(4)5/h5-6,11-12H,1-2,7-10H2,3-4H3;3-4H,1-2,5-8H2;2H,1H2,(H,4,5). The third-order valence-corrected chi connectivity index (χ3v) is 3.33. The van der Waals surface area contributed by atoms with Crippen LogP contribution in [0.25, 0.3) is 0 Å². The Morgan fingerprint density at radius 3 is 1.23 bits per heavy atom. The fourth-order valence-electron chi connectivity index (χ4n) is 1.73. The summed E-state index contributed by atoms with van der Waals surface area (Å²) in [6.45, 7) is 22.0. The Morgan fingerprint density at radius 1 is 0.657 bits per heavy atom. The molecule has 0 aromatic carbocycles. The second kappa shape index (κ2) is 28.7. The summed E-state index contributed by atoms with van der Waals surface area (Å²) in [6, 6.07) is 0. The lowest BCUT2D eigenvalue weighted by atomic mass is 10.3. The van der Waals surface area contributed by atoms with Gasteiger partial charge in [0.1, 0.15) is 0 Å². The fraction of sp³-hybridized carbons (Fsp3) is 0.480. The summed E-state index contributed by atoms with van der Waals surface area (Å²) < 4.78 is 30.0. The summed E-state index contributed by atoms with van der Waals surface area (Å²) in [5.41, 5.74) is 0. The molecule has 1 N–H and O–H groups in total. The van der Waals surface area contributed by atoms with Crippen molar-refractivity contribution in [2.45, 2.75) is 52.1 Å². The van der Waals surface area contributed by atoms with Crippen LogP contribution in [0, 0.1) is 0 Å². The van der Waals surface area contributed by atoms with E-state index in [1.165, 1.54) is 12.5 Å². The molecule has 0 aliphatic carbocycles. The van der Waals surface area contributed by atoms with Crippen LogP contribution in [-0.2, 0) is 42.8 Å². The first-order valence-corrected chi connectivity index (χ1v) is 10.9. The van der Waals surface area contributed by atoms with Crippen LogP contribution < -0.4 is 0 Å². The van der Waals surface area contributed by atoms with Crippen LogP contribution in [0.4, 0.5) is 0 Å². The minimum atomic E-state index is -0.981. The number of ether oxygens (including phenoxy) is 6. The van der Waals surface area contributed by atoms with E-state index in [0.29, 0.717) is 13.2 Å². The van der Waals surface area contributed by atoms with E-state index in [2.05, 4.69) is 32.9 Å². The third kappa shape index (κ3) is 35.4. The van der Waals surface area contributed by atoms with E-state index in [0.717, 1.165) is 57.1 Å². The van der Waals surface area contributed by atoms with Crippen LogP contribution >= 0.6 is 0 Å². The van der Waals surface area contributed by atoms with Crippen molar-refractivity contribution in [3.63, 3.8) is 0 Å². The van der Waals surface area contributed by atoms with Gasteiger partial charge in [0.15, 0.2) is 12.6 Å². The van der Waals surface area contributed by atoms with Crippen molar-refractivity contribution in [3.05, 3.63) is 63.6 Å². The third-order valence-electron chi connectivity index (χ3n) is 3.33. The van der Waals surface area contributed by atoms with E-state index >= 15 is 0 Å². The number of esters is 2. The first-order valence-electron chi connectivity index (χ1n) is 10.9. The first kappa shape index (κ1) is 36.2. The SMILES string of the molecule is C=CC(=O)O.C=CC(=O)OC(C)OCCCCOC(C)OC(=O)C=C.C=COCCCCOC=C. The fourth-order valence-corrected chi connectivity index (χ4v) is 1.73. The summed E-state index contributed by atoms with van der Waals surface area (Å²) in [5, 5.41) is 7.60. The molecular formula is C25H40O10. The highest BCUT2D eigenvalue weighted by molar-refractivity contribution is 5.81. The van der Waals surface area contributed by atoms with Gasteiger partial charge in [-0.3, -0.25) is 0 Å². The molecule has 10 heteroatoms. The Balaban J connectivity index is -0.000000563. The Bertz CT molecular complexity index is 571. The Labute approximate surface area is 208 Å².